The van der Waals surface area contributed by atoms with Crippen molar-refractivity contribution in [2.75, 3.05) is 0 Å². The summed E-state index contributed by atoms with van der Waals surface area (Å²) in [5.41, 5.74) is 4.04. The number of hydrogen-bond acceptors (Lipinski definition) is 3. The molecule has 0 saturated carbocycles. The third kappa shape index (κ3) is 2.00. The highest BCUT2D eigenvalue weighted by atomic mass is 15.3. The number of nitrogens with zero attached hydrogens (tertiary/aromatic N) is 4. The molecule has 106 valence electrons. The number of aromatic amines is 1. The number of rotatable bonds is 3. The Labute approximate surface area is 126 Å². The van der Waals surface area contributed by atoms with Gasteiger partial charge in [0.25, 0.3) is 0 Å². The molecule has 5 heteroatoms. The van der Waals surface area contributed by atoms with Crippen molar-refractivity contribution in [1.82, 2.24) is 25.0 Å². The van der Waals surface area contributed by atoms with Crippen molar-refractivity contribution in [1.29, 1.82) is 0 Å². The summed E-state index contributed by atoms with van der Waals surface area (Å²) < 4.78 is 1.82. The minimum Gasteiger partial charge on any atom is -0.278 e. The first kappa shape index (κ1) is 12.5. The number of fused-ring (bicyclic) bond motifs is 1. The molecule has 0 unspecified atom stereocenters. The fraction of sp³-hybridized carbons (Fsp3) is 0. The van der Waals surface area contributed by atoms with E-state index in [1.165, 1.54) is 0 Å². The number of benzene rings is 1. The van der Waals surface area contributed by atoms with Crippen LogP contribution in [-0.4, -0.2) is 25.0 Å². The van der Waals surface area contributed by atoms with Gasteiger partial charge in [0.2, 0.25) is 0 Å². The van der Waals surface area contributed by atoms with E-state index in [2.05, 4.69) is 39.0 Å². The van der Waals surface area contributed by atoms with Crippen molar-refractivity contribution >= 4 is 17.0 Å². The number of aromatic nitrogens is 5. The van der Waals surface area contributed by atoms with E-state index < -0.39 is 0 Å². The second kappa shape index (κ2) is 4.96. The fourth-order valence-electron chi connectivity index (χ4n) is 2.48. The molecular weight excluding hydrogens is 274 g/mol. The molecule has 5 nitrogen and oxygen atoms in total. The van der Waals surface area contributed by atoms with Crippen LogP contribution in [0.4, 0.5) is 0 Å². The maximum absolute atomic E-state index is 4.40. The lowest BCUT2D eigenvalue weighted by molar-refractivity contribution is 0.854. The molecule has 3 heterocycles. The largest absolute Gasteiger partial charge is 0.278 e. The van der Waals surface area contributed by atoms with Gasteiger partial charge in [-0.3, -0.25) is 5.10 Å². The number of hydrogen-bond donors (Lipinski definition) is 1. The molecule has 0 fully saturated rings. The molecule has 1 aromatic carbocycles. The van der Waals surface area contributed by atoms with E-state index in [0.29, 0.717) is 0 Å². The maximum atomic E-state index is 4.40. The standard InChI is InChI=1S/C17H13N5/c1-2-12-5-7-18-17(9-12)22-16(6-8-20-22)13-3-4-14-11-19-21-15(14)10-13/h2-11H,1H2,(H,19,21). The van der Waals surface area contributed by atoms with Gasteiger partial charge < -0.3 is 0 Å². The van der Waals surface area contributed by atoms with Gasteiger partial charge in [-0.1, -0.05) is 24.8 Å². The third-order valence-electron chi connectivity index (χ3n) is 3.60. The molecule has 0 amide bonds. The Morgan fingerprint density at radius 1 is 1.09 bits per heavy atom. The SMILES string of the molecule is C=Cc1ccnc(-n2nccc2-c2ccc3cn[nH]c3c2)c1. The van der Waals surface area contributed by atoms with E-state index in [1.54, 1.807) is 18.5 Å². The normalized spacial score (nSPS) is 10.9. The molecule has 0 bridgehead atoms. The smallest absolute Gasteiger partial charge is 0.154 e. The van der Waals surface area contributed by atoms with Crippen molar-refractivity contribution in [2.45, 2.75) is 0 Å². The summed E-state index contributed by atoms with van der Waals surface area (Å²) in [7, 11) is 0. The van der Waals surface area contributed by atoms with Crippen LogP contribution in [0.3, 0.4) is 0 Å². The summed E-state index contributed by atoms with van der Waals surface area (Å²) in [6, 6.07) is 12.0. The number of H-pyrrole nitrogens is 1. The van der Waals surface area contributed by atoms with Gasteiger partial charge in [-0.2, -0.15) is 10.2 Å². The Bertz CT molecular complexity index is 964. The van der Waals surface area contributed by atoms with Crippen LogP contribution in [0.2, 0.25) is 0 Å². The van der Waals surface area contributed by atoms with Crippen molar-refractivity contribution in [3.05, 3.63) is 67.1 Å². The van der Waals surface area contributed by atoms with Crippen LogP contribution >= 0.6 is 0 Å². The molecule has 0 aliphatic rings. The van der Waals surface area contributed by atoms with Crippen LogP contribution in [-0.2, 0) is 0 Å². The Morgan fingerprint density at radius 2 is 2.05 bits per heavy atom. The highest BCUT2D eigenvalue weighted by Crippen LogP contribution is 2.25. The van der Waals surface area contributed by atoms with Gasteiger partial charge >= 0.3 is 0 Å². The number of nitrogens with one attached hydrogen (secondary N) is 1. The summed E-state index contributed by atoms with van der Waals surface area (Å²) in [6.07, 6.45) is 7.14. The molecule has 4 rings (SSSR count). The van der Waals surface area contributed by atoms with E-state index in [0.717, 1.165) is 33.5 Å². The Hall–Kier alpha value is -3.21. The second-order valence-corrected chi connectivity index (χ2v) is 4.95. The van der Waals surface area contributed by atoms with Crippen LogP contribution in [0, 0.1) is 0 Å². The molecule has 0 aliphatic heterocycles. The summed E-state index contributed by atoms with van der Waals surface area (Å²) in [5.74, 6) is 0.766. The molecule has 22 heavy (non-hydrogen) atoms. The van der Waals surface area contributed by atoms with Gasteiger partial charge in [0.1, 0.15) is 0 Å². The zero-order valence-electron chi connectivity index (χ0n) is 11.8. The van der Waals surface area contributed by atoms with E-state index in [1.807, 2.05) is 35.1 Å². The van der Waals surface area contributed by atoms with E-state index in [-0.39, 0.29) is 0 Å². The fourth-order valence-corrected chi connectivity index (χ4v) is 2.48. The van der Waals surface area contributed by atoms with Crippen molar-refractivity contribution in [3.63, 3.8) is 0 Å². The predicted octanol–water partition coefficient (Wildman–Crippen LogP) is 3.45. The average Bonchev–Trinajstić information content (AvgIpc) is 3.23. The molecule has 0 aliphatic carbocycles. The zero-order chi connectivity index (χ0) is 14.9. The molecule has 3 aromatic heterocycles. The third-order valence-corrected chi connectivity index (χ3v) is 3.60. The Balaban J connectivity index is 1.86. The first-order valence-corrected chi connectivity index (χ1v) is 6.91. The lowest BCUT2D eigenvalue weighted by atomic mass is 10.1. The highest BCUT2D eigenvalue weighted by molar-refractivity contribution is 5.83. The quantitative estimate of drug-likeness (QED) is 0.628. The summed E-state index contributed by atoms with van der Waals surface area (Å²) in [4.78, 5) is 4.40. The molecular formula is C17H13N5. The zero-order valence-corrected chi connectivity index (χ0v) is 11.8. The topological polar surface area (TPSA) is 59.4 Å². The van der Waals surface area contributed by atoms with Crippen LogP contribution in [0.25, 0.3) is 34.1 Å². The van der Waals surface area contributed by atoms with Gasteiger partial charge in [0.05, 0.1) is 23.6 Å². The molecule has 1 N–H and O–H groups in total. The Morgan fingerprint density at radius 3 is 2.95 bits per heavy atom. The van der Waals surface area contributed by atoms with Gasteiger partial charge in [-0.05, 0) is 29.8 Å². The molecule has 0 saturated heterocycles. The van der Waals surface area contributed by atoms with E-state index >= 15 is 0 Å². The summed E-state index contributed by atoms with van der Waals surface area (Å²) in [5, 5.41) is 12.5. The number of pyridine rings is 1. The minimum atomic E-state index is 0.766. The van der Waals surface area contributed by atoms with Crippen molar-refractivity contribution in [2.24, 2.45) is 0 Å². The van der Waals surface area contributed by atoms with Gasteiger partial charge in [-0.15, -0.1) is 0 Å². The summed E-state index contributed by atoms with van der Waals surface area (Å²) in [6.45, 7) is 3.79. The molecule has 0 radical (unpaired) electrons. The lowest BCUT2D eigenvalue weighted by Gasteiger charge is -2.07. The van der Waals surface area contributed by atoms with Gasteiger partial charge in [-0.25, -0.2) is 9.67 Å². The van der Waals surface area contributed by atoms with Gasteiger partial charge in [0.15, 0.2) is 5.82 Å². The van der Waals surface area contributed by atoms with Crippen LogP contribution in [0.15, 0.2) is 61.6 Å². The first-order chi connectivity index (χ1) is 10.8. The Kier molecular flexibility index (Phi) is 2.83. The average molecular weight is 287 g/mol. The van der Waals surface area contributed by atoms with Gasteiger partial charge in [0, 0.05) is 17.1 Å². The van der Waals surface area contributed by atoms with Crippen molar-refractivity contribution in [3.8, 4) is 17.1 Å². The molecule has 0 atom stereocenters. The predicted molar refractivity (Wildman–Crippen MR) is 86.5 cm³/mol. The highest BCUT2D eigenvalue weighted by Gasteiger charge is 2.09. The monoisotopic (exact) mass is 287 g/mol. The minimum absolute atomic E-state index is 0.766. The lowest BCUT2D eigenvalue weighted by Crippen LogP contribution is -2.01. The molecule has 0 spiro atoms. The molecule has 4 aromatic rings. The summed E-state index contributed by atoms with van der Waals surface area (Å²) >= 11 is 0. The van der Waals surface area contributed by atoms with E-state index in [9.17, 15) is 0 Å². The van der Waals surface area contributed by atoms with E-state index in [4.69, 9.17) is 0 Å². The van der Waals surface area contributed by atoms with Crippen LogP contribution < -0.4 is 0 Å². The second-order valence-electron chi connectivity index (χ2n) is 4.95. The van der Waals surface area contributed by atoms with Crippen LogP contribution in [0.5, 0.6) is 0 Å². The maximum Gasteiger partial charge on any atom is 0.154 e. The van der Waals surface area contributed by atoms with Crippen LogP contribution in [0.1, 0.15) is 5.56 Å². The van der Waals surface area contributed by atoms with Crippen molar-refractivity contribution < 1.29 is 0 Å². The first-order valence-electron chi connectivity index (χ1n) is 6.91.